The maximum atomic E-state index is 11.8. The Hall–Kier alpha value is -1.10. The molecule has 0 saturated carbocycles. The highest BCUT2D eigenvalue weighted by molar-refractivity contribution is 5.82. The van der Waals surface area contributed by atoms with Gasteiger partial charge in [0.15, 0.2) is 0 Å². The average Bonchev–Trinajstić information content (AvgIpc) is 2.26. The molecule has 0 heterocycles. The summed E-state index contributed by atoms with van der Waals surface area (Å²) in [5.74, 6) is -0.270. The Labute approximate surface area is 103 Å². The summed E-state index contributed by atoms with van der Waals surface area (Å²) in [7, 11) is 0. The van der Waals surface area contributed by atoms with Gasteiger partial charge in [0.25, 0.3) is 0 Å². The van der Waals surface area contributed by atoms with Gasteiger partial charge in [0, 0.05) is 6.54 Å². The van der Waals surface area contributed by atoms with Crippen LogP contribution in [-0.2, 0) is 14.3 Å². The number of nitrogens with one attached hydrogen (secondary N) is 2. The summed E-state index contributed by atoms with van der Waals surface area (Å²) in [6.45, 7) is 8.71. The highest BCUT2D eigenvalue weighted by Gasteiger charge is 2.22. The van der Waals surface area contributed by atoms with Crippen molar-refractivity contribution in [2.24, 2.45) is 5.92 Å². The molecule has 0 saturated heterocycles. The summed E-state index contributed by atoms with van der Waals surface area (Å²) in [6.07, 6.45) is 0.897. The Morgan fingerprint density at radius 2 is 1.88 bits per heavy atom. The summed E-state index contributed by atoms with van der Waals surface area (Å²) in [6, 6.07) is -0.356. The van der Waals surface area contributed by atoms with Gasteiger partial charge in [0.2, 0.25) is 5.91 Å². The van der Waals surface area contributed by atoms with Crippen LogP contribution in [0.1, 0.15) is 34.1 Å². The summed E-state index contributed by atoms with van der Waals surface area (Å²) < 4.78 is 4.80. The molecular formula is C12H24N2O3. The van der Waals surface area contributed by atoms with E-state index in [-0.39, 0.29) is 30.4 Å². The lowest BCUT2D eigenvalue weighted by molar-refractivity contribution is -0.142. The maximum Gasteiger partial charge on any atom is 0.319 e. The fourth-order valence-corrected chi connectivity index (χ4v) is 1.39. The van der Waals surface area contributed by atoms with Gasteiger partial charge >= 0.3 is 5.97 Å². The van der Waals surface area contributed by atoms with Gasteiger partial charge in [-0.05, 0) is 19.3 Å². The third-order valence-electron chi connectivity index (χ3n) is 2.27. The van der Waals surface area contributed by atoms with Crippen LogP contribution in [0, 0.1) is 5.92 Å². The molecule has 0 aromatic heterocycles. The van der Waals surface area contributed by atoms with Gasteiger partial charge in [0.05, 0.1) is 19.2 Å². The van der Waals surface area contributed by atoms with Gasteiger partial charge in [-0.2, -0.15) is 0 Å². The highest BCUT2D eigenvalue weighted by Crippen LogP contribution is 2.01. The third-order valence-corrected chi connectivity index (χ3v) is 2.27. The van der Waals surface area contributed by atoms with Gasteiger partial charge in [0.1, 0.15) is 0 Å². The van der Waals surface area contributed by atoms with E-state index in [4.69, 9.17) is 4.74 Å². The number of rotatable bonds is 8. The lowest BCUT2D eigenvalue weighted by Gasteiger charge is -2.21. The minimum Gasteiger partial charge on any atom is -0.465 e. The van der Waals surface area contributed by atoms with Crippen LogP contribution in [0.25, 0.3) is 0 Å². The molecule has 1 amide bonds. The molecule has 100 valence electrons. The number of carbonyl (C=O) groups excluding carboxylic acids is 2. The molecule has 1 atom stereocenters. The van der Waals surface area contributed by atoms with Gasteiger partial charge in [-0.15, -0.1) is 0 Å². The number of hydrogen-bond acceptors (Lipinski definition) is 4. The minimum absolute atomic E-state index is 0.0638. The number of esters is 1. The number of ether oxygens (including phenoxy) is 1. The molecule has 17 heavy (non-hydrogen) atoms. The quantitative estimate of drug-likeness (QED) is 0.616. The van der Waals surface area contributed by atoms with Crippen LogP contribution < -0.4 is 10.6 Å². The largest absolute Gasteiger partial charge is 0.465 e. The minimum atomic E-state index is -0.356. The van der Waals surface area contributed by atoms with Gasteiger partial charge in [-0.3, -0.25) is 14.9 Å². The first-order valence-corrected chi connectivity index (χ1v) is 6.19. The SMILES string of the molecule is CCCNC(=O)C(NCC(=O)OCC)C(C)C. The van der Waals surface area contributed by atoms with E-state index in [0.29, 0.717) is 13.2 Å². The molecule has 0 aliphatic rings. The van der Waals surface area contributed by atoms with Crippen molar-refractivity contribution in [3.8, 4) is 0 Å². The zero-order valence-electron chi connectivity index (χ0n) is 11.2. The molecule has 0 aromatic carbocycles. The van der Waals surface area contributed by atoms with E-state index < -0.39 is 0 Å². The monoisotopic (exact) mass is 244 g/mol. The molecule has 0 radical (unpaired) electrons. The van der Waals surface area contributed by atoms with Crippen LogP contribution in [0.2, 0.25) is 0 Å². The molecule has 0 fully saturated rings. The Kier molecular flexibility index (Phi) is 8.40. The highest BCUT2D eigenvalue weighted by atomic mass is 16.5. The predicted molar refractivity (Wildman–Crippen MR) is 66.6 cm³/mol. The van der Waals surface area contributed by atoms with E-state index >= 15 is 0 Å². The van der Waals surface area contributed by atoms with Gasteiger partial charge in [-0.25, -0.2) is 0 Å². The van der Waals surface area contributed by atoms with E-state index in [2.05, 4.69) is 10.6 Å². The van der Waals surface area contributed by atoms with Gasteiger partial charge < -0.3 is 10.1 Å². The molecule has 0 aliphatic heterocycles. The smallest absolute Gasteiger partial charge is 0.319 e. The molecule has 0 bridgehead atoms. The number of carbonyl (C=O) groups is 2. The van der Waals surface area contributed by atoms with Crippen molar-refractivity contribution in [2.45, 2.75) is 40.2 Å². The van der Waals surface area contributed by atoms with E-state index in [9.17, 15) is 9.59 Å². The zero-order valence-corrected chi connectivity index (χ0v) is 11.2. The van der Waals surface area contributed by atoms with E-state index in [0.717, 1.165) is 6.42 Å². The van der Waals surface area contributed by atoms with Gasteiger partial charge in [-0.1, -0.05) is 20.8 Å². The normalized spacial score (nSPS) is 12.3. The van der Waals surface area contributed by atoms with Crippen molar-refractivity contribution in [1.82, 2.24) is 10.6 Å². The first kappa shape index (κ1) is 15.9. The maximum absolute atomic E-state index is 11.8. The summed E-state index contributed by atoms with van der Waals surface area (Å²) in [5.41, 5.74) is 0. The van der Waals surface area contributed by atoms with Crippen LogP contribution in [0.4, 0.5) is 0 Å². The fraction of sp³-hybridized carbons (Fsp3) is 0.833. The zero-order chi connectivity index (χ0) is 13.3. The van der Waals surface area contributed by atoms with E-state index in [1.807, 2.05) is 20.8 Å². The van der Waals surface area contributed by atoms with Crippen LogP contribution in [0.5, 0.6) is 0 Å². The molecular weight excluding hydrogens is 220 g/mol. The molecule has 0 rings (SSSR count). The van der Waals surface area contributed by atoms with Crippen LogP contribution >= 0.6 is 0 Å². The summed E-state index contributed by atoms with van der Waals surface area (Å²) in [4.78, 5) is 23.0. The Morgan fingerprint density at radius 3 is 2.35 bits per heavy atom. The number of hydrogen-bond donors (Lipinski definition) is 2. The Balaban J connectivity index is 4.15. The van der Waals surface area contributed by atoms with Crippen LogP contribution in [0.15, 0.2) is 0 Å². The van der Waals surface area contributed by atoms with Crippen molar-refractivity contribution in [1.29, 1.82) is 0 Å². The topological polar surface area (TPSA) is 67.4 Å². The van der Waals surface area contributed by atoms with Crippen molar-refractivity contribution >= 4 is 11.9 Å². The van der Waals surface area contributed by atoms with Crippen LogP contribution in [0.3, 0.4) is 0 Å². The molecule has 0 aromatic rings. The summed E-state index contributed by atoms with van der Waals surface area (Å²) >= 11 is 0. The molecule has 2 N–H and O–H groups in total. The second-order valence-electron chi connectivity index (χ2n) is 4.20. The first-order valence-electron chi connectivity index (χ1n) is 6.19. The third kappa shape index (κ3) is 6.94. The van der Waals surface area contributed by atoms with E-state index in [1.165, 1.54) is 0 Å². The summed E-state index contributed by atoms with van der Waals surface area (Å²) in [5, 5.41) is 5.74. The Morgan fingerprint density at radius 1 is 1.24 bits per heavy atom. The van der Waals surface area contributed by atoms with Crippen molar-refractivity contribution in [3.05, 3.63) is 0 Å². The van der Waals surface area contributed by atoms with Crippen molar-refractivity contribution in [3.63, 3.8) is 0 Å². The lowest BCUT2D eigenvalue weighted by atomic mass is 10.0. The molecule has 5 nitrogen and oxygen atoms in total. The number of amides is 1. The fourth-order valence-electron chi connectivity index (χ4n) is 1.39. The molecule has 1 unspecified atom stereocenters. The average molecular weight is 244 g/mol. The van der Waals surface area contributed by atoms with Crippen molar-refractivity contribution < 1.29 is 14.3 Å². The first-order chi connectivity index (χ1) is 8.02. The lowest BCUT2D eigenvalue weighted by Crippen LogP contribution is -2.49. The second kappa shape index (κ2) is 8.98. The van der Waals surface area contributed by atoms with E-state index in [1.54, 1.807) is 6.92 Å². The molecule has 0 aliphatic carbocycles. The second-order valence-corrected chi connectivity index (χ2v) is 4.20. The predicted octanol–water partition coefficient (Wildman–Crippen LogP) is 0.690. The standard InChI is InChI=1S/C12H24N2O3/c1-5-7-13-12(16)11(9(3)4)14-8-10(15)17-6-2/h9,11,14H,5-8H2,1-4H3,(H,13,16). The Bertz CT molecular complexity index is 242. The molecule has 5 heteroatoms. The molecule has 0 spiro atoms. The van der Waals surface area contributed by atoms with Crippen LogP contribution in [-0.4, -0.2) is 37.6 Å². The van der Waals surface area contributed by atoms with Crippen molar-refractivity contribution in [2.75, 3.05) is 19.7 Å².